The van der Waals surface area contributed by atoms with Crippen molar-refractivity contribution in [1.29, 1.82) is 0 Å². The van der Waals surface area contributed by atoms with Crippen molar-refractivity contribution in [3.05, 3.63) is 29.8 Å². The number of sulfonamides is 1. The summed E-state index contributed by atoms with van der Waals surface area (Å²) in [5.74, 6) is 0.912. The van der Waals surface area contributed by atoms with Gasteiger partial charge in [-0.3, -0.25) is 0 Å². The number of rotatable bonds is 4. The molecule has 23 heavy (non-hydrogen) atoms. The molecule has 1 saturated carbocycles. The summed E-state index contributed by atoms with van der Waals surface area (Å²) in [6.07, 6.45) is 7.25. The second-order valence-corrected chi connectivity index (χ2v) is 8.60. The van der Waals surface area contributed by atoms with Crippen molar-refractivity contribution in [2.24, 2.45) is 11.7 Å². The molecule has 4 nitrogen and oxygen atoms in total. The molecule has 0 spiro atoms. The van der Waals surface area contributed by atoms with Gasteiger partial charge in [0, 0.05) is 13.1 Å². The van der Waals surface area contributed by atoms with E-state index in [9.17, 15) is 8.42 Å². The third-order valence-electron chi connectivity index (χ3n) is 5.18. The Hall–Kier alpha value is -0.620. The monoisotopic (exact) mass is 358 g/mol. The van der Waals surface area contributed by atoms with Crippen molar-refractivity contribution in [2.75, 3.05) is 19.6 Å². The lowest BCUT2D eigenvalue weighted by molar-refractivity contribution is 0.443. The number of halogens is 1. The maximum Gasteiger partial charge on any atom is 0.243 e. The molecule has 1 atom stereocenters. The molecule has 1 heterocycles. The van der Waals surface area contributed by atoms with E-state index in [1.807, 2.05) is 12.1 Å². The molecule has 0 amide bonds. The molecule has 2 aliphatic rings. The molecule has 3 rings (SSSR count). The first kappa shape index (κ1) is 18.7. The summed E-state index contributed by atoms with van der Waals surface area (Å²) >= 11 is 0. The van der Waals surface area contributed by atoms with Gasteiger partial charge in [-0.25, -0.2) is 8.42 Å². The van der Waals surface area contributed by atoms with Crippen molar-refractivity contribution in [3.63, 3.8) is 0 Å². The van der Waals surface area contributed by atoms with Crippen LogP contribution < -0.4 is 5.73 Å². The lowest BCUT2D eigenvalue weighted by atomic mass is 9.84. The van der Waals surface area contributed by atoms with E-state index in [4.69, 9.17) is 5.73 Å². The minimum atomic E-state index is -3.35. The van der Waals surface area contributed by atoms with E-state index in [1.165, 1.54) is 37.7 Å². The topological polar surface area (TPSA) is 63.4 Å². The predicted molar refractivity (Wildman–Crippen MR) is 95.4 cm³/mol. The van der Waals surface area contributed by atoms with Crippen molar-refractivity contribution < 1.29 is 8.42 Å². The maximum absolute atomic E-state index is 12.7. The minimum Gasteiger partial charge on any atom is -0.330 e. The van der Waals surface area contributed by atoms with Crippen LogP contribution in [0.15, 0.2) is 29.2 Å². The van der Waals surface area contributed by atoms with Gasteiger partial charge in [-0.1, -0.05) is 31.4 Å². The summed E-state index contributed by atoms with van der Waals surface area (Å²) in [6.45, 7) is 1.71. The average Bonchev–Trinajstić information content (AvgIpc) is 3.06. The van der Waals surface area contributed by atoms with Gasteiger partial charge in [0.05, 0.1) is 4.90 Å². The molecule has 1 unspecified atom stereocenters. The van der Waals surface area contributed by atoms with Crippen LogP contribution >= 0.6 is 12.4 Å². The Morgan fingerprint density at radius 1 is 1.04 bits per heavy atom. The molecule has 1 aliphatic carbocycles. The van der Waals surface area contributed by atoms with Gasteiger partial charge in [-0.2, -0.15) is 4.31 Å². The molecular weight excluding hydrogens is 332 g/mol. The van der Waals surface area contributed by atoms with Gasteiger partial charge >= 0.3 is 0 Å². The van der Waals surface area contributed by atoms with Crippen LogP contribution in [0.3, 0.4) is 0 Å². The summed E-state index contributed by atoms with van der Waals surface area (Å²) < 4.78 is 26.9. The number of hydrogen-bond donors (Lipinski definition) is 1. The summed E-state index contributed by atoms with van der Waals surface area (Å²) in [5, 5.41) is 0. The molecule has 1 aromatic rings. The lowest BCUT2D eigenvalue weighted by Crippen LogP contribution is -2.30. The quantitative estimate of drug-likeness (QED) is 0.899. The van der Waals surface area contributed by atoms with Crippen LogP contribution in [-0.2, 0) is 10.0 Å². The number of nitrogens with two attached hydrogens (primary N) is 1. The molecule has 6 heteroatoms. The van der Waals surface area contributed by atoms with E-state index in [-0.39, 0.29) is 12.4 Å². The smallest absolute Gasteiger partial charge is 0.243 e. The SMILES string of the molecule is Cl.NCC1CCN(S(=O)(=O)c2ccc(C3CCCCC3)cc2)C1. The molecule has 2 fully saturated rings. The molecule has 2 N–H and O–H groups in total. The van der Waals surface area contributed by atoms with E-state index >= 15 is 0 Å². The summed E-state index contributed by atoms with van der Waals surface area (Å²) in [4.78, 5) is 0.421. The molecule has 0 radical (unpaired) electrons. The van der Waals surface area contributed by atoms with Crippen LogP contribution in [0.1, 0.15) is 50.0 Å². The van der Waals surface area contributed by atoms with E-state index in [2.05, 4.69) is 0 Å². The Morgan fingerprint density at radius 3 is 2.26 bits per heavy atom. The Kier molecular flexibility index (Phi) is 6.48. The van der Waals surface area contributed by atoms with Crippen molar-refractivity contribution >= 4 is 22.4 Å². The highest BCUT2D eigenvalue weighted by atomic mass is 35.5. The third kappa shape index (κ3) is 4.08. The second kappa shape index (κ2) is 7.97. The van der Waals surface area contributed by atoms with Gasteiger partial charge in [0.15, 0.2) is 0 Å². The summed E-state index contributed by atoms with van der Waals surface area (Å²) in [5.41, 5.74) is 6.95. The zero-order valence-electron chi connectivity index (χ0n) is 13.5. The number of hydrogen-bond acceptors (Lipinski definition) is 3. The zero-order chi connectivity index (χ0) is 15.6. The third-order valence-corrected chi connectivity index (χ3v) is 7.06. The molecule has 0 aromatic heterocycles. The summed E-state index contributed by atoms with van der Waals surface area (Å²) in [7, 11) is -3.35. The average molecular weight is 359 g/mol. The number of nitrogens with zero attached hydrogens (tertiary/aromatic N) is 1. The predicted octanol–water partition coefficient (Wildman–Crippen LogP) is 3.13. The van der Waals surface area contributed by atoms with Gasteiger partial charge in [0.25, 0.3) is 0 Å². The molecule has 1 aliphatic heterocycles. The van der Waals surface area contributed by atoms with E-state index < -0.39 is 10.0 Å². The Labute approximate surface area is 145 Å². The molecular formula is C17H27ClN2O2S. The van der Waals surface area contributed by atoms with Gasteiger partial charge in [0.2, 0.25) is 10.0 Å². The Bertz CT molecular complexity index is 598. The zero-order valence-corrected chi connectivity index (χ0v) is 15.1. The minimum absolute atomic E-state index is 0. The lowest BCUT2D eigenvalue weighted by Gasteiger charge is -2.22. The highest BCUT2D eigenvalue weighted by Crippen LogP contribution is 2.33. The van der Waals surface area contributed by atoms with Crippen LogP contribution in [0.4, 0.5) is 0 Å². The van der Waals surface area contributed by atoms with Crippen LogP contribution in [0.25, 0.3) is 0 Å². The Morgan fingerprint density at radius 2 is 1.70 bits per heavy atom. The first-order valence-corrected chi connectivity index (χ1v) is 9.85. The fourth-order valence-corrected chi connectivity index (χ4v) is 5.24. The molecule has 0 bridgehead atoms. The van der Waals surface area contributed by atoms with Gasteiger partial charge in [0.1, 0.15) is 0 Å². The van der Waals surface area contributed by atoms with Gasteiger partial charge in [-0.15, -0.1) is 12.4 Å². The van der Waals surface area contributed by atoms with E-state index in [0.717, 1.165) is 6.42 Å². The number of benzene rings is 1. The van der Waals surface area contributed by atoms with E-state index in [0.29, 0.717) is 36.4 Å². The van der Waals surface area contributed by atoms with Gasteiger partial charge in [-0.05, 0) is 55.3 Å². The highest BCUT2D eigenvalue weighted by molar-refractivity contribution is 7.89. The van der Waals surface area contributed by atoms with Crippen LogP contribution in [0, 0.1) is 5.92 Å². The van der Waals surface area contributed by atoms with Crippen molar-refractivity contribution in [1.82, 2.24) is 4.31 Å². The standard InChI is InChI=1S/C17H26N2O2S.ClH/c18-12-14-10-11-19(13-14)22(20,21)17-8-6-16(7-9-17)15-4-2-1-3-5-15;/h6-9,14-15H,1-5,10-13,18H2;1H. The molecule has 130 valence electrons. The largest absolute Gasteiger partial charge is 0.330 e. The van der Waals surface area contributed by atoms with E-state index in [1.54, 1.807) is 16.4 Å². The van der Waals surface area contributed by atoms with Crippen molar-refractivity contribution in [3.8, 4) is 0 Å². The van der Waals surface area contributed by atoms with Crippen molar-refractivity contribution in [2.45, 2.75) is 49.3 Å². The second-order valence-electron chi connectivity index (χ2n) is 6.66. The normalized spacial score (nSPS) is 23.6. The summed E-state index contributed by atoms with van der Waals surface area (Å²) in [6, 6.07) is 7.60. The maximum atomic E-state index is 12.7. The highest BCUT2D eigenvalue weighted by Gasteiger charge is 2.31. The van der Waals surface area contributed by atoms with Gasteiger partial charge < -0.3 is 5.73 Å². The van der Waals surface area contributed by atoms with Crippen LogP contribution in [0.2, 0.25) is 0 Å². The fourth-order valence-electron chi connectivity index (χ4n) is 3.70. The molecule has 1 aromatic carbocycles. The fraction of sp³-hybridized carbons (Fsp3) is 0.647. The van der Waals surface area contributed by atoms with Crippen LogP contribution in [-0.4, -0.2) is 32.4 Å². The van der Waals surface area contributed by atoms with Crippen LogP contribution in [0.5, 0.6) is 0 Å². The first-order valence-electron chi connectivity index (χ1n) is 8.41. The Balaban J connectivity index is 0.00000192. The first-order chi connectivity index (χ1) is 10.6. The molecule has 1 saturated heterocycles.